The van der Waals surface area contributed by atoms with Crippen LogP contribution in [0.1, 0.15) is 30.1 Å². The Bertz CT molecular complexity index is 1220. The van der Waals surface area contributed by atoms with E-state index >= 15 is 0 Å². The van der Waals surface area contributed by atoms with Crippen LogP contribution in [-0.4, -0.2) is 38.7 Å². The van der Waals surface area contributed by atoms with Gasteiger partial charge in [-0.2, -0.15) is 0 Å². The number of hydrogen-bond acceptors (Lipinski definition) is 4. The molecule has 5 nitrogen and oxygen atoms in total. The number of carbonyl (C=O) groups excluding carboxylic acids is 1. The molecule has 1 aliphatic heterocycles. The van der Waals surface area contributed by atoms with Gasteiger partial charge >= 0.3 is 0 Å². The molecule has 3 aromatic rings. The van der Waals surface area contributed by atoms with Gasteiger partial charge in [-0.15, -0.1) is 0 Å². The number of benzene rings is 3. The van der Waals surface area contributed by atoms with Crippen LogP contribution in [-0.2, 0) is 0 Å². The van der Waals surface area contributed by atoms with Gasteiger partial charge in [0.15, 0.2) is 23.3 Å². The summed E-state index contributed by atoms with van der Waals surface area (Å²) in [5.74, 6) is -9.31. The fourth-order valence-electron chi connectivity index (χ4n) is 4.05. The van der Waals surface area contributed by atoms with Crippen LogP contribution in [0.25, 0.3) is 0 Å². The van der Waals surface area contributed by atoms with Crippen LogP contribution < -0.4 is 19.9 Å². The van der Waals surface area contributed by atoms with Gasteiger partial charge < -0.3 is 19.9 Å². The van der Waals surface area contributed by atoms with Gasteiger partial charge in [0.2, 0.25) is 5.82 Å². The van der Waals surface area contributed by atoms with Crippen LogP contribution in [0.15, 0.2) is 48.5 Å². The van der Waals surface area contributed by atoms with E-state index in [4.69, 9.17) is 4.74 Å². The van der Waals surface area contributed by atoms with E-state index in [-0.39, 0.29) is 19.0 Å². The van der Waals surface area contributed by atoms with Crippen molar-refractivity contribution in [2.75, 3.05) is 47.9 Å². The van der Waals surface area contributed by atoms with Gasteiger partial charge in [-0.05, 0) is 55.0 Å². The first-order valence-electron chi connectivity index (χ1n) is 12.0. The van der Waals surface area contributed by atoms with E-state index in [2.05, 4.69) is 12.2 Å². The number of carbonyl (C=O) groups is 1. The Morgan fingerprint density at radius 2 is 1.32 bits per heavy atom. The summed E-state index contributed by atoms with van der Waals surface area (Å²) in [5, 5.41) is 2.82. The van der Waals surface area contributed by atoms with Gasteiger partial charge in [0.05, 0.1) is 6.61 Å². The van der Waals surface area contributed by atoms with Crippen molar-refractivity contribution < 1.29 is 31.5 Å². The van der Waals surface area contributed by atoms with E-state index < -0.39 is 34.8 Å². The highest BCUT2D eigenvalue weighted by molar-refractivity contribution is 6.04. The number of rotatable bonds is 8. The van der Waals surface area contributed by atoms with Crippen LogP contribution >= 0.6 is 0 Å². The number of nitrogens with one attached hydrogen (secondary N) is 1. The second-order valence-electron chi connectivity index (χ2n) is 8.62. The molecule has 0 atom stereocenters. The fraction of sp³-hybridized carbons (Fsp3) is 0.296. The van der Waals surface area contributed by atoms with Gasteiger partial charge in [0.25, 0.3) is 5.91 Å². The van der Waals surface area contributed by atoms with Crippen LogP contribution in [0.2, 0.25) is 0 Å². The predicted octanol–water partition coefficient (Wildman–Crippen LogP) is 6.14. The van der Waals surface area contributed by atoms with Gasteiger partial charge in [-0.3, -0.25) is 4.79 Å². The van der Waals surface area contributed by atoms with E-state index in [0.29, 0.717) is 36.7 Å². The molecule has 37 heavy (non-hydrogen) atoms. The number of halogens is 5. The third kappa shape index (κ3) is 5.79. The molecule has 0 bridgehead atoms. The average molecular weight is 520 g/mol. The maximum absolute atomic E-state index is 14.1. The first kappa shape index (κ1) is 26.2. The van der Waals surface area contributed by atoms with Gasteiger partial charge in [0, 0.05) is 43.1 Å². The molecular formula is C27H26F5N3O2. The molecule has 1 N–H and O–H groups in total. The molecule has 1 saturated heterocycles. The average Bonchev–Trinajstić information content (AvgIpc) is 2.92. The van der Waals surface area contributed by atoms with Crippen molar-refractivity contribution in [1.82, 2.24) is 0 Å². The summed E-state index contributed by atoms with van der Waals surface area (Å²) in [6.45, 7) is 3.44. The van der Waals surface area contributed by atoms with E-state index in [0.717, 1.165) is 23.4 Å². The Hall–Kier alpha value is -3.82. The lowest BCUT2D eigenvalue weighted by molar-refractivity contribution is 0.102. The second-order valence-corrected chi connectivity index (χ2v) is 8.62. The number of amides is 1. The van der Waals surface area contributed by atoms with Gasteiger partial charge in [-0.25, -0.2) is 22.0 Å². The molecule has 0 unspecified atom stereocenters. The zero-order valence-electron chi connectivity index (χ0n) is 20.2. The predicted molar refractivity (Wildman–Crippen MR) is 132 cm³/mol. The first-order valence-corrected chi connectivity index (χ1v) is 12.0. The van der Waals surface area contributed by atoms with Crippen LogP contribution in [0.4, 0.5) is 39.0 Å². The zero-order chi connectivity index (χ0) is 26.5. The molecule has 1 aliphatic rings. The first-order chi connectivity index (χ1) is 17.8. The molecule has 0 aromatic heterocycles. The molecule has 0 radical (unpaired) electrons. The molecule has 1 fully saturated rings. The minimum atomic E-state index is -2.17. The largest absolute Gasteiger partial charge is 0.494 e. The van der Waals surface area contributed by atoms with Crippen LogP contribution in [0, 0.1) is 29.1 Å². The molecule has 10 heteroatoms. The van der Waals surface area contributed by atoms with Gasteiger partial charge in [-0.1, -0.05) is 13.3 Å². The summed E-state index contributed by atoms with van der Waals surface area (Å²) < 4.78 is 74.4. The van der Waals surface area contributed by atoms with Crippen molar-refractivity contribution in [3.63, 3.8) is 0 Å². The minimum Gasteiger partial charge on any atom is -0.494 e. The lowest BCUT2D eigenvalue weighted by Gasteiger charge is -2.37. The maximum Gasteiger partial charge on any atom is 0.255 e. The topological polar surface area (TPSA) is 44.8 Å². The van der Waals surface area contributed by atoms with E-state index in [1.807, 2.05) is 4.90 Å². The summed E-state index contributed by atoms with van der Waals surface area (Å²) in [7, 11) is 0. The Kier molecular flexibility index (Phi) is 8.15. The molecule has 0 saturated carbocycles. The highest BCUT2D eigenvalue weighted by Crippen LogP contribution is 2.31. The molecule has 0 spiro atoms. The highest BCUT2D eigenvalue weighted by Gasteiger charge is 2.30. The van der Waals surface area contributed by atoms with E-state index in [1.165, 1.54) is 0 Å². The van der Waals surface area contributed by atoms with E-state index in [9.17, 15) is 26.7 Å². The summed E-state index contributed by atoms with van der Waals surface area (Å²) in [5.41, 5.74) is 0.951. The smallest absolute Gasteiger partial charge is 0.255 e. The lowest BCUT2D eigenvalue weighted by atomic mass is 10.1. The maximum atomic E-state index is 14.1. The monoisotopic (exact) mass is 519 g/mol. The SMILES string of the molecule is CCCCOc1ccc(C(=O)Nc2ccc(N3CCN(c4c(F)c(F)c(F)c(F)c4F)CC3)cc2)cc1. The number of nitrogens with zero attached hydrogens (tertiary/aromatic N) is 2. The summed E-state index contributed by atoms with van der Waals surface area (Å²) in [6, 6.07) is 13.9. The standard InChI is InChI=1S/C27H26F5N3O2/c1-2-3-16-37-20-10-4-17(5-11-20)27(36)33-18-6-8-19(9-7-18)34-12-14-35(15-13-34)26-24(31)22(29)21(28)23(30)25(26)32/h4-11H,2-3,12-16H2,1H3,(H,33,36). The van der Waals surface area contributed by atoms with Crippen molar-refractivity contribution >= 4 is 23.0 Å². The fourth-order valence-corrected chi connectivity index (χ4v) is 4.05. The molecule has 1 heterocycles. The van der Waals surface area contributed by atoms with Crippen molar-refractivity contribution in [2.45, 2.75) is 19.8 Å². The minimum absolute atomic E-state index is 0.0645. The number of unbranched alkanes of at least 4 members (excludes halogenated alkanes) is 1. The Labute approximate surface area is 211 Å². The van der Waals surface area contributed by atoms with Crippen molar-refractivity contribution in [3.8, 4) is 5.75 Å². The van der Waals surface area contributed by atoms with E-state index in [1.54, 1.807) is 48.5 Å². The Morgan fingerprint density at radius 3 is 1.89 bits per heavy atom. The normalized spacial score (nSPS) is 13.6. The molecule has 196 valence electrons. The second kappa shape index (κ2) is 11.5. The summed E-state index contributed by atoms with van der Waals surface area (Å²) in [6.07, 6.45) is 1.99. The highest BCUT2D eigenvalue weighted by atomic mass is 19.2. The number of piperazine rings is 1. The van der Waals surface area contributed by atoms with Crippen molar-refractivity contribution in [3.05, 3.63) is 83.2 Å². The van der Waals surface area contributed by atoms with Gasteiger partial charge in [0.1, 0.15) is 11.4 Å². The van der Waals surface area contributed by atoms with Crippen molar-refractivity contribution in [2.24, 2.45) is 0 Å². The lowest BCUT2D eigenvalue weighted by Crippen LogP contribution is -2.47. The number of hydrogen-bond donors (Lipinski definition) is 1. The zero-order valence-corrected chi connectivity index (χ0v) is 20.2. The number of ether oxygens (including phenoxy) is 1. The Balaban J connectivity index is 1.34. The third-order valence-corrected chi connectivity index (χ3v) is 6.16. The summed E-state index contributed by atoms with van der Waals surface area (Å²) in [4.78, 5) is 15.6. The van der Waals surface area contributed by atoms with Crippen LogP contribution in [0.5, 0.6) is 5.75 Å². The molecule has 4 rings (SSSR count). The molecule has 1 amide bonds. The third-order valence-electron chi connectivity index (χ3n) is 6.16. The molecular weight excluding hydrogens is 493 g/mol. The quantitative estimate of drug-likeness (QED) is 0.168. The Morgan fingerprint density at radius 1 is 0.784 bits per heavy atom. The van der Waals surface area contributed by atoms with Crippen LogP contribution in [0.3, 0.4) is 0 Å². The number of anilines is 3. The summed E-state index contributed by atoms with van der Waals surface area (Å²) >= 11 is 0. The molecule has 0 aliphatic carbocycles. The molecule has 3 aromatic carbocycles. The van der Waals surface area contributed by atoms with Crippen molar-refractivity contribution in [1.29, 1.82) is 0 Å².